The third-order valence-corrected chi connectivity index (χ3v) is 6.10. The molecule has 1 spiro atoms. The molecule has 1 saturated carbocycles. The van der Waals surface area contributed by atoms with Crippen molar-refractivity contribution in [2.45, 2.75) is 44.1 Å². The van der Waals surface area contributed by atoms with Crippen molar-refractivity contribution in [2.24, 2.45) is 5.41 Å². The van der Waals surface area contributed by atoms with E-state index in [4.69, 9.17) is 11.6 Å². The summed E-state index contributed by atoms with van der Waals surface area (Å²) in [6, 6.07) is 0.479. The van der Waals surface area contributed by atoms with Gasteiger partial charge in [-0.2, -0.15) is 0 Å². The second-order valence-electron chi connectivity index (χ2n) is 6.97. The molecule has 2 aromatic heterocycles. The molecule has 6 heteroatoms. The van der Waals surface area contributed by atoms with Crippen LogP contribution in [-0.4, -0.2) is 37.8 Å². The molecule has 4 heterocycles. The van der Waals surface area contributed by atoms with Gasteiger partial charge in [-0.05, 0) is 31.1 Å². The van der Waals surface area contributed by atoms with E-state index in [9.17, 15) is 4.79 Å². The summed E-state index contributed by atoms with van der Waals surface area (Å²) in [5.41, 5.74) is 1.18. The van der Waals surface area contributed by atoms with E-state index < -0.39 is 0 Å². The Kier molecular flexibility index (Phi) is 2.47. The molecule has 114 valence electrons. The zero-order valence-electron chi connectivity index (χ0n) is 12.2. The van der Waals surface area contributed by atoms with E-state index in [1.807, 2.05) is 10.6 Å². The predicted octanol–water partition coefficient (Wildman–Crippen LogP) is 2.64. The largest absolute Gasteiger partial charge is 0.338 e. The third-order valence-electron chi connectivity index (χ3n) is 5.81. The minimum absolute atomic E-state index is 0.287. The van der Waals surface area contributed by atoms with Gasteiger partial charge in [0.15, 0.2) is 5.15 Å². The van der Waals surface area contributed by atoms with Crippen molar-refractivity contribution in [3.05, 3.63) is 29.6 Å². The van der Waals surface area contributed by atoms with Gasteiger partial charge in [-0.1, -0.05) is 11.6 Å². The topological polar surface area (TPSA) is 50.5 Å². The molecule has 0 N–H and O–H groups in total. The molecule has 1 amide bonds. The lowest BCUT2D eigenvalue weighted by Crippen LogP contribution is -2.43. The summed E-state index contributed by atoms with van der Waals surface area (Å²) >= 11 is 6.13. The number of nitrogens with zero attached hydrogens (tertiary/aromatic N) is 4. The van der Waals surface area contributed by atoms with Gasteiger partial charge in [-0.3, -0.25) is 9.20 Å². The number of hydrogen-bond donors (Lipinski definition) is 0. The van der Waals surface area contributed by atoms with Gasteiger partial charge in [0.05, 0.1) is 6.20 Å². The monoisotopic (exact) mass is 316 g/mol. The highest BCUT2D eigenvalue weighted by Gasteiger charge is 2.59. The van der Waals surface area contributed by atoms with E-state index in [1.165, 1.54) is 12.8 Å². The van der Waals surface area contributed by atoms with Gasteiger partial charge < -0.3 is 4.90 Å². The van der Waals surface area contributed by atoms with Crippen molar-refractivity contribution in [3.8, 4) is 0 Å². The molecule has 5 nitrogen and oxygen atoms in total. The molecule has 2 aliphatic heterocycles. The standard InChI is InChI=1S/C16H17ClN4O/c17-14-11-8-19-15(20(11)6-5-18-14)10-1-2-12-16(3-4-16)7-13(22)21(12)9-10/h5-6,8,10,12H,1-4,7,9H2/t10?,12-/m0/s1. The van der Waals surface area contributed by atoms with Crippen molar-refractivity contribution >= 4 is 23.0 Å². The van der Waals surface area contributed by atoms with E-state index in [0.29, 0.717) is 22.5 Å². The molecule has 22 heavy (non-hydrogen) atoms. The first kappa shape index (κ1) is 12.9. The molecular weight excluding hydrogens is 300 g/mol. The van der Waals surface area contributed by atoms with Crippen LogP contribution in [0, 0.1) is 5.41 Å². The maximum atomic E-state index is 12.4. The number of piperidine rings is 1. The Morgan fingerprint density at radius 1 is 1.27 bits per heavy atom. The SMILES string of the molecule is O=C1CC2(CC2)[C@@H]2CCC(c3ncc4c(Cl)nccn34)CN12. The lowest BCUT2D eigenvalue weighted by Gasteiger charge is -2.37. The van der Waals surface area contributed by atoms with Crippen LogP contribution in [0.3, 0.4) is 0 Å². The van der Waals surface area contributed by atoms with Crippen LogP contribution in [0.4, 0.5) is 0 Å². The summed E-state index contributed by atoms with van der Waals surface area (Å²) < 4.78 is 2.02. The lowest BCUT2D eigenvalue weighted by molar-refractivity contribution is -0.130. The average Bonchev–Trinajstić information content (AvgIpc) is 3.06. The molecule has 0 bridgehead atoms. The second-order valence-corrected chi connectivity index (χ2v) is 7.32. The summed E-state index contributed by atoms with van der Waals surface area (Å²) in [6.07, 6.45) is 10.8. The first-order valence-corrected chi connectivity index (χ1v) is 8.33. The number of fused-ring (bicyclic) bond motifs is 3. The van der Waals surface area contributed by atoms with Crippen LogP contribution in [0.15, 0.2) is 18.6 Å². The van der Waals surface area contributed by atoms with Crippen LogP contribution >= 0.6 is 11.6 Å². The predicted molar refractivity (Wildman–Crippen MR) is 81.8 cm³/mol. The molecule has 5 rings (SSSR count). The number of halogens is 1. The smallest absolute Gasteiger partial charge is 0.223 e. The molecule has 2 saturated heterocycles. The molecule has 1 aliphatic carbocycles. The van der Waals surface area contributed by atoms with E-state index >= 15 is 0 Å². The molecule has 1 unspecified atom stereocenters. The molecule has 3 aliphatic rings. The fourth-order valence-corrected chi connectivity index (χ4v) is 4.70. The van der Waals surface area contributed by atoms with Crippen molar-refractivity contribution in [3.63, 3.8) is 0 Å². The minimum Gasteiger partial charge on any atom is -0.338 e. The van der Waals surface area contributed by atoms with Crippen molar-refractivity contribution < 1.29 is 4.79 Å². The Bertz CT molecular complexity index is 782. The summed E-state index contributed by atoms with van der Waals surface area (Å²) in [5.74, 6) is 1.63. The highest BCUT2D eigenvalue weighted by Crippen LogP contribution is 2.60. The van der Waals surface area contributed by atoms with Gasteiger partial charge in [-0.25, -0.2) is 9.97 Å². The van der Waals surface area contributed by atoms with Crippen LogP contribution in [0.1, 0.15) is 43.8 Å². The lowest BCUT2D eigenvalue weighted by atomic mass is 9.86. The molecule has 0 radical (unpaired) electrons. The van der Waals surface area contributed by atoms with E-state index in [-0.39, 0.29) is 5.92 Å². The Hall–Kier alpha value is -1.62. The summed E-state index contributed by atoms with van der Waals surface area (Å²) in [4.78, 5) is 23.2. The van der Waals surface area contributed by atoms with E-state index in [1.54, 1.807) is 12.4 Å². The Labute approximate surface area is 133 Å². The summed E-state index contributed by atoms with van der Waals surface area (Å²) in [6.45, 7) is 0.796. The Balaban J connectivity index is 1.49. The zero-order valence-corrected chi connectivity index (χ0v) is 13.0. The first-order valence-electron chi connectivity index (χ1n) is 7.95. The fraction of sp³-hybridized carbons (Fsp3) is 0.562. The Morgan fingerprint density at radius 3 is 2.95 bits per heavy atom. The van der Waals surface area contributed by atoms with Crippen molar-refractivity contribution in [2.75, 3.05) is 6.54 Å². The number of carbonyl (C=O) groups excluding carboxylic acids is 1. The first-order chi connectivity index (χ1) is 10.7. The van der Waals surface area contributed by atoms with E-state index in [0.717, 1.165) is 37.1 Å². The van der Waals surface area contributed by atoms with Gasteiger partial charge in [0, 0.05) is 37.3 Å². The van der Waals surface area contributed by atoms with Gasteiger partial charge in [0.2, 0.25) is 5.91 Å². The van der Waals surface area contributed by atoms with Gasteiger partial charge in [-0.15, -0.1) is 0 Å². The highest BCUT2D eigenvalue weighted by atomic mass is 35.5. The van der Waals surface area contributed by atoms with Crippen LogP contribution in [0.5, 0.6) is 0 Å². The fourth-order valence-electron chi connectivity index (χ4n) is 4.50. The quantitative estimate of drug-likeness (QED) is 0.812. The molecule has 3 fully saturated rings. The number of hydrogen-bond acceptors (Lipinski definition) is 3. The molecule has 2 atom stereocenters. The number of aromatic nitrogens is 3. The number of amides is 1. The van der Waals surface area contributed by atoms with Crippen LogP contribution in [-0.2, 0) is 4.79 Å². The van der Waals surface area contributed by atoms with Gasteiger partial charge in [0.25, 0.3) is 0 Å². The molecular formula is C16H17ClN4O. The third kappa shape index (κ3) is 1.63. The van der Waals surface area contributed by atoms with Gasteiger partial charge in [0.1, 0.15) is 11.3 Å². The summed E-state index contributed by atoms with van der Waals surface area (Å²) in [7, 11) is 0. The van der Waals surface area contributed by atoms with Crippen molar-refractivity contribution in [1.82, 2.24) is 19.3 Å². The maximum absolute atomic E-state index is 12.4. The van der Waals surface area contributed by atoms with Crippen molar-refractivity contribution in [1.29, 1.82) is 0 Å². The highest BCUT2D eigenvalue weighted by molar-refractivity contribution is 6.32. The minimum atomic E-state index is 0.287. The van der Waals surface area contributed by atoms with Gasteiger partial charge >= 0.3 is 0 Å². The van der Waals surface area contributed by atoms with Crippen LogP contribution in [0.25, 0.3) is 5.52 Å². The average molecular weight is 317 g/mol. The maximum Gasteiger partial charge on any atom is 0.223 e. The second kappa shape index (κ2) is 4.22. The Morgan fingerprint density at radius 2 is 2.14 bits per heavy atom. The number of imidazole rings is 1. The summed E-state index contributed by atoms with van der Waals surface area (Å²) in [5, 5.41) is 0.476. The van der Waals surface area contributed by atoms with Crippen LogP contribution < -0.4 is 0 Å². The number of carbonyl (C=O) groups is 1. The van der Waals surface area contributed by atoms with Crippen LogP contribution in [0.2, 0.25) is 5.15 Å². The molecule has 2 aromatic rings. The number of rotatable bonds is 1. The normalized spacial score (nSPS) is 29.3. The molecule has 0 aromatic carbocycles. The zero-order chi connectivity index (χ0) is 14.9. The van der Waals surface area contributed by atoms with E-state index in [2.05, 4.69) is 14.9 Å².